The third kappa shape index (κ3) is 4.47. The van der Waals surface area contributed by atoms with Crippen molar-refractivity contribution >= 4 is 29.2 Å². The third-order valence-electron chi connectivity index (χ3n) is 3.17. The average Bonchev–Trinajstić information content (AvgIpc) is 2.54. The SMILES string of the molecule is CCOC(=O)C(Nc1ccc(C(=O)O)cc1)c1ccc(Cl)cc1. The highest BCUT2D eigenvalue weighted by Gasteiger charge is 2.22. The summed E-state index contributed by atoms with van der Waals surface area (Å²) in [7, 11) is 0. The zero-order valence-corrected chi connectivity index (χ0v) is 13.2. The average molecular weight is 334 g/mol. The number of carboxylic acids is 1. The highest BCUT2D eigenvalue weighted by Crippen LogP contribution is 2.23. The van der Waals surface area contributed by atoms with Crippen LogP contribution in [0.25, 0.3) is 0 Å². The van der Waals surface area contributed by atoms with E-state index in [-0.39, 0.29) is 12.2 Å². The van der Waals surface area contributed by atoms with Crippen LogP contribution < -0.4 is 5.32 Å². The van der Waals surface area contributed by atoms with Crippen molar-refractivity contribution in [2.45, 2.75) is 13.0 Å². The standard InChI is InChI=1S/C17H16ClNO4/c1-2-23-17(22)15(11-3-7-13(18)8-4-11)19-14-9-5-12(6-10-14)16(20)21/h3-10,15,19H,2H2,1H3,(H,20,21). The summed E-state index contributed by atoms with van der Waals surface area (Å²) in [4.78, 5) is 23.1. The monoisotopic (exact) mass is 333 g/mol. The molecule has 0 saturated carbocycles. The van der Waals surface area contributed by atoms with Gasteiger partial charge in [-0.25, -0.2) is 9.59 Å². The number of rotatable bonds is 6. The number of nitrogens with one attached hydrogen (secondary N) is 1. The Morgan fingerprint density at radius 1 is 1.13 bits per heavy atom. The van der Waals surface area contributed by atoms with E-state index < -0.39 is 18.0 Å². The molecule has 0 radical (unpaired) electrons. The number of carbonyl (C=O) groups is 2. The highest BCUT2D eigenvalue weighted by atomic mass is 35.5. The van der Waals surface area contributed by atoms with Gasteiger partial charge in [0, 0.05) is 10.7 Å². The van der Waals surface area contributed by atoms with Crippen molar-refractivity contribution in [3.8, 4) is 0 Å². The molecule has 0 saturated heterocycles. The second-order valence-corrected chi connectivity index (χ2v) is 5.20. The van der Waals surface area contributed by atoms with E-state index in [0.717, 1.165) is 0 Å². The summed E-state index contributed by atoms with van der Waals surface area (Å²) in [6, 6.07) is 12.3. The molecule has 0 fully saturated rings. The van der Waals surface area contributed by atoms with Crippen molar-refractivity contribution in [1.29, 1.82) is 0 Å². The van der Waals surface area contributed by atoms with E-state index in [1.54, 1.807) is 43.3 Å². The fourth-order valence-electron chi connectivity index (χ4n) is 2.03. The second-order valence-electron chi connectivity index (χ2n) is 4.76. The first-order chi connectivity index (χ1) is 11.0. The summed E-state index contributed by atoms with van der Waals surface area (Å²) in [5.41, 5.74) is 1.49. The molecule has 2 N–H and O–H groups in total. The number of hydrogen-bond acceptors (Lipinski definition) is 4. The predicted molar refractivity (Wildman–Crippen MR) is 87.9 cm³/mol. The Kier molecular flexibility index (Phi) is 5.60. The van der Waals surface area contributed by atoms with Crippen molar-refractivity contribution in [2.24, 2.45) is 0 Å². The van der Waals surface area contributed by atoms with Crippen LogP contribution >= 0.6 is 11.6 Å². The summed E-state index contributed by atoms with van der Waals surface area (Å²) in [6.45, 7) is 2.00. The Bertz CT molecular complexity index is 683. The molecule has 2 aromatic carbocycles. The van der Waals surface area contributed by atoms with Gasteiger partial charge in [0.05, 0.1) is 12.2 Å². The fourth-order valence-corrected chi connectivity index (χ4v) is 2.16. The summed E-state index contributed by atoms with van der Waals surface area (Å²) < 4.78 is 5.09. The quantitative estimate of drug-likeness (QED) is 0.787. The van der Waals surface area contributed by atoms with Gasteiger partial charge in [-0.05, 0) is 48.9 Å². The largest absolute Gasteiger partial charge is 0.478 e. The van der Waals surface area contributed by atoms with Gasteiger partial charge in [0.25, 0.3) is 0 Å². The Labute approximate surface area is 138 Å². The minimum atomic E-state index is -1.00. The molecular formula is C17H16ClNO4. The predicted octanol–water partition coefficient (Wildman–Crippen LogP) is 3.75. The number of anilines is 1. The minimum absolute atomic E-state index is 0.176. The number of aromatic carboxylic acids is 1. The van der Waals surface area contributed by atoms with Gasteiger partial charge in [0.2, 0.25) is 0 Å². The van der Waals surface area contributed by atoms with Crippen LogP contribution in [0, 0.1) is 0 Å². The molecule has 0 amide bonds. The van der Waals surface area contributed by atoms with Gasteiger partial charge in [-0.15, -0.1) is 0 Å². The van der Waals surface area contributed by atoms with Gasteiger partial charge in [0.15, 0.2) is 6.04 Å². The van der Waals surface area contributed by atoms with Crippen molar-refractivity contribution in [3.63, 3.8) is 0 Å². The van der Waals surface area contributed by atoms with E-state index in [1.165, 1.54) is 12.1 Å². The normalized spacial score (nSPS) is 11.6. The smallest absolute Gasteiger partial charge is 0.335 e. The minimum Gasteiger partial charge on any atom is -0.478 e. The maximum absolute atomic E-state index is 12.2. The van der Waals surface area contributed by atoms with E-state index >= 15 is 0 Å². The van der Waals surface area contributed by atoms with Crippen LogP contribution in [0.3, 0.4) is 0 Å². The lowest BCUT2D eigenvalue weighted by Gasteiger charge is -2.19. The lowest BCUT2D eigenvalue weighted by Crippen LogP contribution is -2.23. The van der Waals surface area contributed by atoms with Gasteiger partial charge >= 0.3 is 11.9 Å². The first kappa shape index (κ1) is 16.8. The number of ether oxygens (including phenoxy) is 1. The number of carbonyl (C=O) groups excluding carboxylic acids is 1. The zero-order chi connectivity index (χ0) is 16.8. The molecule has 5 nitrogen and oxygen atoms in total. The Morgan fingerprint density at radius 2 is 1.74 bits per heavy atom. The van der Waals surface area contributed by atoms with Crippen LogP contribution in [0.15, 0.2) is 48.5 Å². The first-order valence-electron chi connectivity index (χ1n) is 7.03. The second kappa shape index (κ2) is 7.65. The Hall–Kier alpha value is -2.53. The van der Waals surface area contributed by atoms with Gasteiger partial charge < -0.3 is 15.2 Å². The van der Waals surface area contributed by atoms with Gasteiger partial charge in [0.1, 0.15) is 0 Å². The maximum Gasteiger partial charge on any atom is 0.335 e. The van der Waals surface area contributed by atoms with Crippen molar-refractivity contribution in [3.05, 3.63) is 64.7 Å². The molecule has 1 atom stereocenters. The van der Waals surface area contributed by atoms with Crippen LogP contribution in [0.5, 0.6) is 0 Å². The van der Waals surface area contributed by atoms with Crippen molar-refractivity contribution in [1.82, 2.24) is 0 Å². The number of hydrogen-bond donors (Lipinski definition) is 2. The molecule has 0 spiro atoms. The lowest BCUT2D eigenvalue weighted by molar-refractivity contribution is -0.144. The number of carboxylic acid groups (broad SMARTS) is 1. The molecule has 0 aliphatic rings. The lowest BCUT2D eigenvalue weighted by atomic mass is 10.1. The molecule has 0 aliphatic carbocycles. The molecule has 2 aromatic rings. The summed E-state index contributed by atoms with van der Waals surface area (Å²) in [5, 5.41) is 12.5. The molecule has 0 heterocycles. The van der Waals surface area contributed by atoms with Crippen molar-refractivity contribution < 1.29 is 19.4 Å². The van der Waals surface area contributed by atoms with Gasteiger partial charge in [-0.2, -0.15) is 0 Å². The van der Waals surface area contributed by atoms with E-state index in [1.807, 2.05) is 0 Å². The van der Waals surface area contributed by atoms with E-state index in [9.17, 15) is 9.59 Å². The number of esters is 1. The third-order valence-corrected chi connectivity index (χ3v) is 3.42. The van der Waals surface area contributed by atoms with Gasteiger partial charge in [-0.1, -0.05) is 23.7 Å². The van der Waals surface area contributed by atoms with Crippen LogP contribution in [0.1, 0.15) is 28.9 Å². The van der Waals surface area contributed by atoms with E-state index in [2.05, 4.69) is 5.32 Å². The molecule has 0 aliphatic heterocycles. The molecule has 0 aromatic heterocycles. The van der Waals surface area contributed by atoms with Crippen LogP contribution in [-0.2, 0) is 9.53 Å². The molecule has 120 valence electrons. The van der Waals surface area contributed by atoms with Crippen molar-refractivity contribution in [2.75, 3.05) is 11.9 Å². The molecule has 0 bridgehead atoms. The maximum atomic E-state index is 12.2. The summed E-state index contributed by atoms with van der Waals surface area (Å²) in [5.74, 6) is -1.42. The molecular weight excluding hydrogens is 318 g/mol. The molecule has 2 rings (SSSR count). The van der Waals surface area contributed by atoms with E-state index in [4.69, 9.17) is 21.4 Å². The molecule has 23 heavy (non-hydrogen) atoms. The zero-order valence-electron chi connectivity index (χ0n) is 12.5. The van der Waals surface area contributed by atoms with E-state index in [0.29, 0.717) is 16.3 Å². The highest BCUT2D eigenvalue weighted by molar-refractivity contribution is 6.30. The van der Waals surface area contributed by atoms with Crippen LogP contribution in [0.2, 0.25) is 5.02 Å². The van der Waals surface area contributed by atoms with Crippen LogP contribution in [0.4, 0.5) is 5.69 Å². The number of benzene rings is 2. The summed E-state index contributed by atoms with van der Waals surface area (Å²) in [6.07, 6.45) is 0. The fraction of sp³-hybridized carbons (Fsp3) is 0.176. The number of halogens is 1. The summed E-state index contributed by atoms with van der Waals surface area (Å²) >= 11 is 5.87. The first-order valence-corrected chi connectivity index (χ1v) is 7.41. The van der Waals surface area contributed by atoms with Gasteiger partial charge in [-0.3, -0.25) is 0 Å². The Morgan fingerprint density at radius 3 is 2.26 bits per heavy atom. The Balaban J connectivity index is 2.25. The topological polar surface area (TPSA) is 75.6 Å². The van der Waals surface area contributed by atoms with Crippen LogP contribution in [-0.4, -0.2) is 23.7 Å². The molecule has 6 heteroatoms. The molecule has 1 unspecified atom stereocenters.